The third kappa shape index (κ3) is 4.46. The molecule has 1 fully saturated rings. The second kappa shape index (κ2) is 8.41. The van der Waals surface area contributed by atoms with Crippen LogP contribution in [-0.2, 0) is 0 Å². The van der Waals surface area contributed by atoms with Crippen LogP contribution >= 0.6 is 34.0 Å². The van der Waals surface area contributed by atoms with E-state index in [0.29, 0.717) is 0 Å². The van der Waals surface area contributed by atoms with E-state index in [0.717, 1.165) is 43.4 Å². The molecule has 114 valence electrons. The quantitative estimate of drug-likeness (QED) is 0.752. The lowest BCUT2D eigenvalue weighted by molar-refractivity contribution is 0.311. The van der Waals surface area contributed by atoms with Crippen LogP contribution in [0.4, 0.5) is 5.95 Å². The van der Waals surface area contributed by atoms with E-state index in [2.05, 4.69) is 31.8 Å². The minimum Gasteiger partial charge on any atom is -0.338 e. The molecular weight excluding hydrogens is 398 g/mol. The average molecular weight is 417 g/mol. The van der Waals surface area contributed by atoms with Gasteiger partial charge in [0, 0.05) is 50.3 Å². The normalized spacial score (nSPS) is 15.0. The molecule has 1 aliphatic rings. The first-order valence-corrected chi connectivity index (χ1v) is 6.50. The molecule has 2 aromatic heterocycles. The van der Waals surface area contributed by atoms with Crippen molar-refractivity contribution in [2.75, 3.05) is 38.1 Å². The van der Waals surface area contributed by atoms with Gasteiger partial charge in [-0.3, -0.25) is 4.98 Å². The van der Waals surface area contributed by atoms with E-state index in [1.165, 1.54) is 0 Å². The standard InChI is InChI=1S/C14H17N5.2BrH/c1-18-7-9-19(10-8-18)14-16-6-4-13(17-14)12-3-2-5-15-11-12;;/h2-6,11H,7-10H2,1H3;2*1H. The second-order valence-corrected chi connectivity index (χ2v) is 4.77. The Morgan fingerprint density at radius 1 is 1.00 bits per heavy atom. The summed E-state index contributed by atoms with van der Waals surface area (Å²) in [6.45, 7) is 4.07. The van der Waals surface area contributed by atoms with Crippen LogP contribution in [0.3, 0.4) is 0 Å². The molecule has 0 radical (unpaired) electrons. The average Bonchev–Trinajstić information content (AvgIpc) is 2.49. The number of pyridine rings is 1. The van der Waals surface area contributed by atoms with Crippen molar-refractivity contribution in [2.24, 2.45) is 0 Å². The van der Waals surface area contributed by atoms with Gasteiger partial charge in [-0.1, -0.05) is 0 Å². The fourth-order valence-electron chi connectivity index (χ4n) is 2.18. The van der Waals surface area contributed by atoms with Crippen LogP contribution in [-0.4, -0.2) is 53.1 Å². The lowest BCUT2D eigenvalue weighted by atomic mass is 10.2. The van der Waals surface area contributed by atoms with Gasteiger partial charge in [0.05, 0.1) is 5.69 Å². The summed E-state index contributed by atoms with van der Waals surface area (Å²) in [6.07, 6.45) is 5.42. The molecule has 0 amide bonds. The number of nitrogens with zero attached hydrogens (tertiary/aromatic N) is 5. The molecule has 0 aromatic carbocycles. The maximum atomic E-state index is 4.65. The van der Waals surface area contributed by atoms with Crippen molar-refractivity contribution in [3.63, 3.8) is 0 Å². The molecule has 0 bridgehead atoms. The van der Waals surface area contributed by atoms with Gasteiger partial charge in [0.2, 0.25) is 5.95 Å². The Hall–Kier alpha value is -1.05. The van der Waals surface area contributed by atoms with Gasteiger partial charge in [-0.15, -0.1) is 34.0 Å². The highest BCUT2D eigenvalue weighted by molar-refractivity contribution is 8.93. The van der Waals surface area contributed by atoms with Gasteiger partial charge in [0.1, 0.15) is 0 Å². The number of hydrogen-bond acceptors (Lipinski definition) is 5. The van der Waals surface area contributed by atoms with Crippen molar-refractivity contribution < 1.29 is 0 Å². The highest BCUT2D eigenvalue weighted by atomic mass is 79.9. The zero-order valence-corrected chi connectivity index (χ0v) is 15.3. The van der Waals surface area contributed by atoms with E-state index in [-0.39, 0.29) is 34.0 Å². The molecule has 0 spiro atoms. The SMILES string of the molecule is Br.Br.CN1CCN(c2nccc(-c3cccnc3)n2)CC1. The van der Waals surface area contributed by atoms with Crippen molar-refractivity contribution in [1.82, 2.24) is 19.9 Å². The predicted octanol–water partition coefficient (Wildman–Crippen LogP) is 2.45. The molecular formula is C14H19Br2N5. The Morgan fingerprint density at radius 2 is 1.76 bits per heavy atom. The van der Waals surface area contributed by atoms with Gasteiger partial charge < -0.3 is 9.80 Å². The largest absolute Gasteiger partial charge is 0.338 e. The molecule has 2 aromatic rings. The number of hydrogen-bond donors (Lipinski definition) is 0. The third-order valence-electron chi connectivity index (χ3n) is 3.39. The summed E-state index contributed by atoms with van der Waals surface area (Å²) in [5, 5.41) is 0. The highest BCUT2D eigenvalue weighted by Gasteiger charge is 2.16. The van der Waals surface area contributed by atoms with Gasteiger partial charge in [0.15, 0.2) is 0 Å². The smallest absolute Gasteiger partial charge is 0.225 e. The Balaban J connectivity index is 0.00000110. The van der Waals surface area contributed by atoms with E-state index in [1.807, 2.05) is 30.6 Å². The third-order valence-corrected chi connectivity index (χ3v) is 3.39. The number of piperazine rings is 1. The van der Waals surface area contributed by atoms with Gasteiger partial charge >= 0.3 is 0 Å². The van der Waals surface area contributed by atoms with Crippen molar-refractivity contribution >= 4 is 39.9 Å². The number of rotatable bonds is 2. The monoisotopic (exact) mass is 415 g/mol. The van der Waals surface area contributed by atoms with Crippen LogP contribution in [0.1, 0.15) is 0 Å². The highest BCUT2D eigenvalue weighted by Crippen LogP contribution is 2.18. The Morgan fingerprint density at radius 3 is 2.43 bits per heavy atom. The summed E-state index contributed by atoms with van der Waals surface area (Å²) >= 11 is 0. The molecule has 21 heavy (non-hydrogen) atoms. The van der Waals surface area contributed by atoms with E-state index in [4.69, 9.17) is 0 Å². The van der Waals surface area contributed by atoms with Crippen LogP contribution in [0, 0.1) is 0 Å². The number of likely N-dealkylation sites (N-methyl/N-ethyl adjacent to an activating group) is 1. The van der Waals surface area contributed by atoms with E-state index >= 15 is 0 Å². The fraction of sp³-hybridized carbons (Fsp3) is 0.357. The molecule has 0 N–H and O–H groups in total. The minimum atomic E-state index is 0. The molecule has 3 rings (SSSR count). The topological polar surface area (TPSA) is 45.2 Å². The molecule has 5 nitrogen and oxygen atoms in total. The van der Waals surface area contributed by atoms with Crippen LogP contribution in [0.5, 0.6) is 0 Å². The first-order valence-electron chi connectivity index (χ1n) is 6.50. The van der Waals surface area contributed by atoms with Crippen LogP contribution < -0.4 is 4.90 Å². The summed E-state index contributed by atoms with van der Waals surface area (Å²) in [6, 6.07) is 5.87. The van der Waals surface area contributed by atoms with E-state index in [1.54, 1.807) is 6.20 Å². The molecule has 0 atom stereocenters. The lowest BCUT2D eigenvalue weighted by Gasteiger charge is -2.32. The van der Waals surface area contributed by atoms with Crippen molar-refractivity contribution in [1.29, 1.82) is 0 Å². The van der Waals surface area contributed by atoms with Crippen LogP contribution in [0.25, 0.3) is 11.3 Å². The maximum absolute atomic E-state index is 4.65. The Kier molecular flexibility index (Phi) is 7.21. The maximum Gasteiger partial charge on any atom is 0.225 e. The van der Waals surface area contributed by atoms with Gasteiger partial charge in [-0.2, -0.15) is 0 Å². The molecule has 1 saturated heterocycles. The lowest BCUT2D eigenvalue weighted by Crippen LogP contribution is -2.45. The summed E-state index contributed by atoms with van der Waals surface area (Å²) in [5.74, 6) is 0.814. The first kappa shape index (κ1) is 18.0. The fourth-order valence-corrected chi connectivity index (χ4v) is 2.18. The minimum absolute atomic E-state index is 0. The number of anilines is 1. The molecule has 0 saturated carbocycles. The summed E-state index contributed by atoms with van der Waals surface area (Å²) in [5.41, 5.74) is 1.96. The Labute approximate surface area is 146 Å². The number of aromatic nitrogens is 3. The summed E-state index contributed by atoms with van der Waals surface area (Å²) in [4.78, 5) is 17.7. The van der Waals surface area contributed by atoms with Gasteiger partial charge in [-0.25, -0.2) is 9.97 Å². The number of halogens is 2. The van der Waals surface area contributed by atoms with E-state index in [9.17, 15) is 0 Å². The molecule has 1 aliphatic heterocycles. The van der Waals surface area contributed by atoms with Crippen molar-refractivity contribution in [3.05, 3.63) is 36.8 Å². The van der Waals surface area contributed by atoms with E-state index < -0.39 is 0 Å². The molecule has 0 unspecified atom stereocenters. The van der Waals surface area contributed by atoms with Crippen molar-refractivity contribution in [2.45, 2.75) is 0 Å². The van der Waals surface area contributed by atoms with Crippen LogP contribution in [0.2, 0.25) is 0 Å². The molecule has 0 aliphatic carbocycles. The zero-order valence-electron chi connectivity index (χ0n) is 11.8. The second-order valence-electron chi connectivity index (χ2n) is 4.77. The molecule has 3 heterocycles. The summed E-state index contributed by atoms with van der Waals surface area (Å²) < 4.78 is 0. The predicted molar refractivity (Wildman–Crippen MR) is 95.6 cm³/mol. The molecule has 7 heteroatoms. The van der Waals surface area contributed by atoms with Crippen LogP contribution in [0.15, 0.2) is 36.8 Å². The van der Waals surface area contributed by atoms with Gasteiger partial charge in [-0.05, 0) is 25.2 Å². The van der Waals surface area contributed by atoms with Gasteiger partial charge in [0.25, 0.3) is 0 Å². The first-order chi connectivity index (χ1) is 9.33. The summed E-state index contributed by atoms with van der Waals surface area (Å²) in [7, 11) is 2.14. The zero-order chi connectivity index (χ0) is 13.1. The Bertz CT molecular complexity index is 544. The van der Waals surface area contributed by atoms with Crippen molar-refractivity contribution in [3.8, 4) is 11.3 Å².